The minimum atomic E-state index is -4.27. The van der Waals surface area contributed by atoms with Crippen molar-refractivity contribution >= 4 is 39.6 Å². The molecular weight excluding hydrogens is 526 g/mol. The summed E-state index contributed by atoms with van der Waals surface area (Å²) in [5, 5.41) is 5.22. The number of carbonyl (C=O) groups excluding carboxylic acids is 1. The number of rotatable bonds is 9. The molecule has 2 heterocycles. The third-order valence-corrected chi connectivity index (χ3v) is 6.69. The topological polar surface area (TPSA) is 89.4 Å². The predicted octanol–water partition coefficient (Wildman–Crippen LogP) is 4.68. The molecule has 194 valence electrons. The summed E-state index contributed by atoms with van der Waals surface area (Å²) in [5.41, 5.74) is 1.16. The van der Waals surface area contributed by atoms with Gasteiger partial charge < -0.3 is 4.74 Å². The smallest absolute Gasteiger partial charge is 0.389 e. The van der Waals surface area contributed by atoms with E-state index >= 15 is 0 Å². The number of pyridine rings is 1. The number of ether oxygens (including phenoxy) is 1. The Bertz CT molecular complexity index is 1330. The number of hydrogen-bond donors (Lipinski definition) is 1. The quantitative estimate of drug-likeness (QED) is 0.310. The minimum Gasteiger partial charge on any atom is -0.477 e. The average molecular weight is 548 g/mol. The Kier molecular flexibility index (Phi) is 7.53. The molecule has 1 unspecified atom stereocenters. The Morgan fingerprint density at radius 3 is 2.64 bits per heavy atom. The van der Waals surface area contributed by atoms with E-state index in [1.54, 1.807) is 0 Å². The van der Waals surface area contributed by atoms with E-state index in [0.717, 1.165) is 18.9 Å². The molecule has 1 aliphatic carbocycles. The highest BCUT2D eigenvalue weighted by Gasteiger charge is 2.31. The minimum absolute atomic E-state index is 0.0273. The molecule has 1 aromatic carbocycles. The maximum absolute atomic E-state index is 15.0. The zero-order chi connectivity index (χ0) is 26.2. The summed E-state index contributed by atoms with van der Waals surface area (Å²) < 4.78 is 74.1. The van der Waals surface area contributed by atoms with Crippen molar-refractivity contribution in [2.75, 3.05) is 20.7 Å². The molecule has 2 aromatic heterocycles. The number of hydrogen-bond acceptors (Lipinski definition) is 5. The van der Waals surface area contributed by atoms with Gasteiger partial charge in [-0.05, 0) is 31.4 Å². The van der Waals surface area contributed by atoms with Gasteiger partial charge in [0.25, 0.3) is 5.91 Å². The van der Waals surface area contributed by atoms with Gasteiger partial charge in [0.2, 0.25) is 5.88 Å². The van der Waals surface area contributed by atoms with E-state index in [0.29, 0.717) is 22.3 Å². The molecule has 1 amide bonds. The molecule has 1 atom stereocenters. The van der Waals surface area contributed by atoms with E-state index in [4.69, 9.17) is 16.3 Å². The molecule has 0 spiro atoms. The van der Waals surface area contributed by atoms with Gasteiger partial charge in [-0.25, -0.2) is 22.6 Å². The van der Waals surface area contributed by atoms with Gasteiger partial charge in [0.15, 0.2) is 11.2 Å². The molecule has 3 aromatic rings. The lowest BCUT2D eigenvalue weighted by molar-refractivity contribution is -0.136. The summed E-state index contributed by atoms with van der Waals surface area (Å²) in [7, 11) is 3.01. The number of fused-ring (bicyclic) bond motifs is 1. The standard InChI is InChI=1S/C22H22ClF4N5O3S/c1-31(2)36(34)30-20(33)14-9-15-18(10-17(14)24)32(29-19(15)12-4-5-12)13-8-16(23)21(28-11-13)35-7-3-6-22(25,26)27/h8-12H,3-7H2,1-2H3,(H,30,33). The van der Waals surface area contributed by atoms with Gasteiger partial charge in [-0.15, -0.1) is 0 Å². The van der Waals surface area contributed by atoms with E-state index in [1.807, 2.05) is 0 Å². The van der Waals surface area contributed by atoms with Crippen molar-refractivity contribution in [1.29, 1.82) is 0 Å². The van der Waals surface area contributed by atoms with Crippen LogP contribution in [0, 0.1) is 5.82 Å². The Morgan fingerprint density at radius 2 is 2.03 bits per heavy atom. The maximum atomic E-state index is 15.0. The van der Waals surface area contributed by atoms with Crippen LogP contribution in [-0.2, 0) is 11.2 Å². The summed E-state index contributed by atoms with van der Waals surface area (Å²) in [6.07, 6.45) is -2.35. The summed E-state index contributed by atoms with van der Waals surface area (Å²) in [4.78, 5) is 16.6. The monoisotopic (exact) mass is 547 g/mol. The molecule has 1 fully saturated rings. The number of aromatic nitrogens is 3. The first kappa shape index (κ1) is 26.3. The van der Waals surface area contributed by atoms with Crippen LogP contribution in [0.15, 0.2) is 24.4 Å². The summed E-state index contributed by atoms with van der Waals surface area (Å²) in [6, 6.07) is 4.02. The van der Waals surface area contributed by atoms with Crippen LogP contribution in [0.5, 0.6) is 5.88 Å². The van der Waals surface area contributed by atoms with E-state index < -0.39 is 35.5 Å². The largest absolute Gasteiger partial charge is 0.477 e. The van der Waals surface area contributed by atoms with Crippen LogP contribution in [0.4, 0.5) is 17.6 Å². The van der Waals surface area contributed by atoms with E-state index in [9.17, 15) is 26.6 Å². The lowest BCUT2D eigenvalue weighted by Crippen LogP contribution is -2.34. The Morgan fingerprint density at radius 1 is 1.31 bits per heavy atom. The molecule has 1 aliphatic rings. The highest BCUT2D eigenvalue weighted by Crippen LogP contribution is 2.43. The predicted molar refractivity (Wildman–Crippen MR) is 126 cm³/mol. The van der Waals surface area contributed by atoms with Gasteiger partial charge in [0, 0.05) is 37.9 Å². The molecule has 0 aliphatic heterocycles. The zero-order valence-corrected chi connectivity index (χ0v) is 20.8. The van der Waals surface area contributed by atoms with Gasteiger partial charge >= 0.3 is 6.18 Å². The molecule has 14 heteroatoms. The number of nitrogens with zero attached hydrogens (tertiary/aromatic N) is 4. The average Bonchev–Trinajstić information content (AvgIpc) is 3.57. The first-order valence-electron chi connectivity index (χ1n) is 10.9. The number of alkyl halides is 3. The molecule has 0 saturated heterocycles. The molecule has 36 heavy (non-hydrogen) atoms. The first-order chi connectivity index (χ1) is 16.9. The molecule has 8 nitrogen and oxygen atoms in total. The second kappa shape index (κ2) is 10.3. The van der Waals surface area contributed by atoms with Gasteiger partial charge in [-0.1, -0.05) is 11.6 Å². The number of amides is 1. The van der Waals surface area contributed by atoms with Crippen LogP contribution in [0.3, 0.4) is 0 Å². The van der Waals surface area contributed by atoms with Gasteiger partial charge in [0.1, 0.15) is 10.8 Å². The second-order valence-corrected chi connectivity index (χ2v) is 10.3. The van der Waals surface area contributed by atoms with E-state index in [2.05, 4.69) is 14.8 Å². The lowest BCUT2D eigenvalue weighted by Gasteiger charge is -2.11. The van der Waals surface area contributed by atoms with Crippen LogP contribution < -0.4 is 9.46 Å². The molecule has 1 N–H and O–H groups in total. The van der Waals surface area contributed by atoms with Crippen LogP contribution >= 0.6 is 11.6 Å². The number of halogens is 5. The van der Waals surface area contributed by atoms with Crippen molar-refractivity contribution in [2.45, 2.75) is 37.8 Å². The van der Waals surface area contributed by atoms with Crippen molar-refractivity contribution in [2.24, 2.45) is 0 Å². The highest BCUT2D eigenvalue weighted by molar-refractivity contribution is 7.81. The fourth-order valence-corrected chi connectivity index (χ4v) is 4.16. The Labute approximate surface area is 211 Å². The van der Waals surface area contributed by atoms with Gasteiger partial charge in [0.05, 0.1) is 35.3 Å². The van der Waals surface area contributed by atoms with Crippen LogP contribution in [0.1, 0.15) is 47.7 Å². The van der Waals surface area contributed by atoms with Crippen LogP contribution in [0.25, 0.3) is 16.6 Å². The fourth-order valence-electron chi connectivity index (χ4n) is 3.49. The van der Waals surface area contributed by atoms with Crippen molar-refractivity contribution in [3.63, 3.8) is 0 Å². The van der Waals surface area contributed by atoms with Crippen molar-refractivity contribution in [3.05, 3.63) is 46.5 Å². The van der Waals surface area contributed by atoms with Gasteiger partial charge in [-0.2, -0.15) is 18.3 Å². The van der Waals surface area contributed by atoms with Crippen molar-refractivity contribution < 1.29 is 31.3 Å². The summed E-state index contributed by atoms with van der Waals surface area (Å²) in [5.74, 6) is -1.54. The normalized spacial score (nSPS) is 14.9. The SMILES string of the molecule is CN(C)S(=O)NC(=O)c1cc2c(C3CC3)nn(-c3cnc(OCCCC(F)(F)F)c(Cl)c3)c2cc1F. The number of benzene rings is 1. The summed E-state index contributed by atoms with van der Waals surface area (Å²) in [6.45, 7) is -0.212. The van der Waals surface area contributed by atoms with E-state index in [1.165, 1.54) is 41.4 Å². The Balaban J connectivity index is 1.64. The number of carbonyl (C=O) groups is 1. The molecule has 1 saturated carbocycles. The molecule has 0 radical (unpaired) electrons. The highest BCUT2D eigenvalue weighted by atomic mass is 35.5. The third-order valence-electron chi connectivity index (χ3n) is 5.40. The Hall–Kier alpha value is -2.77. The third kappa shape index (κ3) is 5.95. The summed E-state index contributed by atoms with van der Waals surface area (Å²) >= 11 is 4.41. The van der Waals surface area contributed by atoms with Crippen molar-refractivity contribution in [1.82, 2.24) is 23.8 Å². The molecule has 4 rings (SSSR count). The molecular formula is C22H22ClF4N5O3S. The number of nitrogens with one attached hydrogen (secondary N) is 1. The van der Waals surface area contributed by atoms with Crippen LogP contribution in [0.2, 0.25) is 5.02 Å². The fraction of sp³-hybridized carbons (Fsp3) is 0.409. The lowest BCUT2D eigenvalue weighted by atomic mass is 10.1. The molecule has 0 bridgehead atoms. The second-order valence-electron chi connectivity index (χ2n) is 8.46. The van der Waals surface area contributed by atoms with E-state index in [-0.39, 0.29) is 35.4 Å². The van der Waals surface area contributed by atoms with Crippen LogP contribution in [-0.4, -0.2) is 56.1 Å². The van der Waals surface area contributed by atoms with Crippen molar-refractivity contribution in [3.8, 4) is 11.6 Å². The van der Waals surface area contributed by atoms with Gasteiger partial charge in [-0.3, -0.25) is 9.52 Å². The first-order valence-corrected chi connectivity index (χ1v) is 12.4. The maximum Gasteiger partial charge on any atom is 0.389 e. The zero-order valence-electron chi connectivity index (χ0n) is 19.2.